The van der Waals surface area contributed by atoms with Crippen LogP contribution in [0, 0.1) is 17.7 Å². The number of allylic oxidation sites excluding steroid dienone is 2. The molecule has 0 unspecified atom stereocenters. The standard InChI is InChI=1S/C22H28FNO3/c1-14-6-5-11-22(2)20(27-22)19-16(10-9-14)17(21(25)26-19)13-24-12-15-7-3-4-8-18(15)23/h3-4,6-8,16-17,19-20,24H,5,9-13H2,1-2H3/b14-6+/t16-,17-,19-,20-,22+/m0/s1. The highest BCUT2D eigenvalue weighted by molar-refractivity contribution is 5.75. The second-order valence-electron chi connectivity index (χ2n) is 8.37. The van der Waals surface area contributed by atoms with Crippen LogP contribution in [0.15, 0.2) is 35.9 Å². The molecule has 1 aromatic carbocycles. The Balaban J connectivity index is 1.45. The minimum atomic E-state index is -0.224. The van der Waals surface area contributed by atoms with Crippen LogP contribution in [0.2, 0.25) is 0 Å². The Morgan fingerprint density at radius 1 is 1.33 bits per heavy atom. The SMILES string of the molecule is C/C1=C\CC[C@@]2(C)O[C@H]2[C@H]2OC(=O)[C@@H](CNCc3ccccc3F)[C@@H]2CC1. The fourth-order valence-electron chi connectivity index (χ4n) is 4.58. The van der Waals surface area contributed by atoms with E-state index >= 15 is 0 Å². The second-order valence-corrected chi connectivity index (χ2v) is 8.37. The van der Waals surface area contributed by atoms with Crippen molar-refractivity contribution in [3.8, 4) is 0 Å². The first kappa shape index (κ1) is 18.6. The van der Waals surface area contributed by atoms with Gasteiger partial charge in [0.25, 0.3) is 0 Å². The molecule has 27 heavy (non-hydrogen) atoms. The quantitative estimate of drug-likeness (QED) is 0.496. The van der Waals surface area contributed by atoms with Crippen molar-refractivity contribution >= 4 is 5.97 Å². The highest BCUT2D eigenvalue weighted by Crippen LogP contribution is 2.50. The van der Waals surface area contributed by atoms with Crippen LogP contribution in [0.4, 0.5) is 4.39 Å². The molecule has 5 heteroatoms. The van der Waals surface area contributed by atoms with Gasteiger partial charge in [0.1, 0.15) is 18.0 Å². The molecule has 5 atom stereocenters. The molecule has 1 N–H and O–H groups in total. The number of epoxide rings is 1. The normalized spacial score (nSPS) is 37.6. The van der Waals surface area contributed by atoms with E-state index in [1.165, 1.54) is 11.6 Å². The van der Waals surface area contributed by atoms with Gasteiger partial charge < -0.3 is 14.8 Å². The van der Waals surface area contributed by atoms with E-state index in [-0.39, 0.29) is 41.4 Å². The average molecular weight is 373 g/mol. The minimum absolute atomic E-state index is 0.00910. The maximum Gasteiger partial charge on any atom is 0.311 e. The molecule has 4 rings (SSSR count). The van der Waals surface area contributed by atoms with E-state index in [0.29, 0.717) is 18.7 Å². The maximum absolute atomic E-state index is 13.8. The van der Waals surface area contributed by atoms with Crippen molar-refractivity contribution in [1.29, 1.82) is 0 Å². The lowest BCUT2D eigenvalue weighted by atomic mass is 9.80. The van der Waals surface area contributed by atoms with Gasteiger partial charge in [-0.1, -0.05) is 29.8 Å². The molecule has 2 fully saturated rings. The number of halogens is 1. The topological polar surface area (TPSA) is 50.9 Å². The molecule has 0 amide bonds. The number of carbonyl (C=O) groups is 1. The molecule has 1 aromatic rings. The van der Waals surface area contributed by atoms with Crippen LogP contribution in [0.25, 0.3) is 0 Å². The van der Waals surface area contributed by atoms with Gasteiger partial charge in [-0.2, -0.15) is 0 Å². The van der Waals surface area contributed by atoms with Gasteiger partial charge in [-0.05, 0) is 45.6 Å². The Bertz CT molecular complexity index is 749. The third-order valence-corrected chi connectivity index (χ3v) is 6.38. The molecule has 2 aliphatic heterocycles. The lowest BCUT2D eigenvalue weighted by Crippen LogP contribution is -2.34. The van der Waals surface area contributed by atoms with Crippen LogP contribution in [-0.4, -0.2) is 30.3 Å². The number of carbonyl (C=O) groups excluding carboxylic acids is 1. The van der Waals surface area contributed by atoms with Crippen LogP contribution >= 0.6 is 0 Å². The predicted octanol–water partition coefficient (Wildman–Crippen LogP) is 3.75. The van der Waals surface area contributed by atoms with E-state index in [0.717, 1.165) is 25.7 Å². The molecule has 4 nitrogen and oxygen atoms in total. The first-order chi connectivity index (χ1) is 13.0. The minimum Gasteiger partial charge on any atom is -0.459 e. The second kappa shape index (κ2) is 7.36. The Morgan fingerprint density at radius 2 is 2.15 bits per heavy atom. The molecule has 2 saturated heterocycles. The monoisotopic (exact) mass is 373 g/mol. The van der Waals surface area contributed by atoms with Gasteiger partial charge in [-0.25, -0.2) is 4.39 Å². The fourth-order valence-corrected chi connectivity index (χ4v) is 4.58. The van der Waals surface area contributed by atoms with E-state index in [1.54, 1.807) is 12.1 Å². The lowest BCUT2D eigenvalue weighted by Gasteiger charge is -2.22. The predicted molar refractivity (Wildman–Crippen MR) is 100 cm³/mol. The van der Waals surface area contributed by atoms with Crippen LogP contribution in [-0.2, 0) is 20.8 Å². The summed E-state index contributed by atoms with van der Waals surface area (Å²) >= 11 is 0. The molecule has 0 radical (unpaired) electrons. The number of nitrogens with one attached hydrogen (secondary N) is 1. The van der Waals surface area contributed by atoms with E-state index in [2.05, 4.69) is 25.2 Å². The summed E-state index contributed by atoms with van der Waals surface area (Å²) in [6.07, 6.45) is 6.02. The van der Waals surface area contributed by atoms with E-state index in [1.807, 2.05) is 6.07 Å². The summed E-state index contributed by atoms with van der Waals surface area (Å²) in [5.41, 5.74) is 1.81. The zero-order valence-electron chi connectivity index (χ0n) is 16.0. The van der Waals surface area contributed by atoms with Gasteiger partial charge in [-0.15, -0.1) is 0 Å². The number of rotatable bonds is 4. The van der Waals surface area contributed by atoms with Gasteiger partial charge in [0.05, 0.1) is 11.5 Å². The molecule has 2 heterocycles. The smallest absolute Gasteiger partial charge is 0.311 e. The molecular formula is C22H28FNO3. The first-order valence-electron chi connectivity index (χ1n) is 9.96. The Labute approximate surface area is 160 Å². The summed E-state index contributed by atoms with van der Waals surface area (Å²) in [6.45, 7) is 5.19. The summed E-state index contributed by atoms with van der Waals surface area (Å²) in [7, 11) is 0. The third kappa shape index (κ3) is 3.81. The zero-order valence-corrected chi connectivity index (χ0v) is 16.0. The molecular weight excluding hydrogens is 345 g/mol. The molecule has 0 saturated carbocycles. The third-order valence-electron chi connectivity index (χ3n) is 6.38. The number of fused-ring (bicyclic) bond motifs is 3. The van der Waals surface area contributed by atoms with Crippen molar-refractivity contribution in [2.24, 2.45) is 11.8 Å². The Hall–Kier alpha value is -1.72. The van der Waals surface area contributed by atoms with E-state index in [9.17, 15) is 9.18 Å². The van der Waals surface area contributed by atoms with Crippen molar-refractivity contribution in [2.45, 2.75) is 63.9 Å². The Morgan fingerprint density at radius 3 is 2.96 bits per heavy atom. The average Bonchev–Trinajstić information content (AvgIpc) is 3.20. The number of hydrogen-bond acceptors (Lipinski definition) is 4. The van der Waals surface area contributed by atoms with E-state index < -0.39 is 0 Å². The van der Waals surface area contributed by atoms with Gasteiger partial charge in [-0.3, -0.25) is 4.79 Å². The Kier molecular flexibility index (Phi) is 5.08. The number of esters is 1. The van der Waals surface area contributed by atoms with E-state index in [4.69, 9.17) is 9.47 Å². The molecule has 0 aromatic heterocycles. The molecule has 0 bridgehead atoms. The van der Waals surface area contributed by atoms with Gasteiger partial charge in [0.2, 0.25) is 0 Å². The highest BCUT2D eigenvalue weighted by Gasteiger charge is 2.62. The molecule has 1 aliphatic carbocycles. The zero-order chi connectivity index (χ0) is 19.0. The maximum atomic E-state index is 13.8. The van der Waals surface area contributed by atoms with Crippen LogP contribution in [0.3, 0.4) is 0 Å². The fraction of sp³-hybridized carbons (Fsp3) is 0.591. The van der Waals surface area contributed by atoms with Crippen LogP contribution in [0.1, 0.15) is 45.1 Å². The van der Waals surface area contributed by atoms with Gasteiger partial charge in [0.15, 0.2) is 0 Å². The van der Waals surface area contributed by atoms with Crippen molar-refractivity contribution in [1.82, 2.24) is 5.32 Å². The van der Waals surface area contributed by atoms with Gasteiger partial charge >= 0.3 is 5.97 Å². The van der Waals surface area contributed by atoms with Crippen molar-refractivity contribution in [3.05, 3.63) is 47.3 Å². The summed E-state index contributed by atoms with van der Waals surface area (Å²) in [6, 6.07) is 6.72. The molecule has 146 valence electrons. The van der Waals surface area contributed by atoms with Crippen LogP contribution in [0.5, 0.6) is 0 Å². The summed E-state index contributed by atoms with van der Waals surface area (Å²) in [5, 5.41) is 3.26. The van der Waals surface area contributed by atoms with Crippen molar-refractivity contribution in [2.75, 3.05) is 6.54 Å². The molecule has 0 spiro atoms. The van der Waals surface area contributed by atoms with Crippen molar-refractivity contribution < 1.29 is 18.7 Å². The number of ether oxygens (including phenoxy) is 2. The lowest BCUT2D eigenvalue weighted by molar-refractivity contribution is -0.144. The largest absolute Gasteiger partial charge is 0.459 e. The summed E-state index contributed by atoms with van der Waals surface area (Å²) in [5.74, 6) is -0.440. The van der Waals surface area contributed by atoms with Gasteiger partial charge in [0, 0.05) is 24.6 Å². The van der Waals surface area contributed by atoms with Crippen molar-refractivity contribution in [3.63, 3.8) is 0 Å². The number of benzene rings is 1. The summed E-state index contributed by atoms with van der Waals surface area (Å²) in [4.78, 5) is 12.6. The van der Waals surface area contributed by atoms with Crippen LogP contribution < -0.4 is 5.32 Å². The summed E-state index contributed by atoms with van der Waals surface area (Å²) < 4.78 is 25.6. The number of hydrogen-bond donors (Lipinski definition) is 1. The first-order valence-corrected chi connectivity index (χ1v) is 9.96. The molecule has 3 aliphatic rings. The highest BCUT2D eigenvalue weighted by atomic mass is 19.1.